The smallest absolute Gasteiger partial charge is 0.0210 e. The van der Waals surface area contributed by atoms with Gasteiger partial charge >= 0.3 is 0 Å². The fourth-order valence-electron chi connectivity index (χ4n) is 4.20. The van der Waals surface area contributed by atoms with Gasteiger partial charge in [-0.1, -0.05) is 119 Å². The average molecular weight is 463 g/mol. The van der Waals surface area contributed by atoms with Crippen LogP contribution in [0.4, 0.5) is 0 Å². The summed E-state index contributed by atoms with van der Waals surface area (Å²) in [5.74, 6) is 4.37. The molecule has 2 unspecified atom stereocenters. The summed E-state index contributed by atoms with van der Waals surface area (Å²) in [5.41, 5.74) is 1.68. The molecule has 0 radical (unpaired) electrons. The summed E-state index contributed by atoms with van der Waals surface area (Å²) in [7, 11) is 0. The molecule has 0 aromatic rings. The minimum atomic E-state index is 0.797. The monoisotopic (exact) mass is 463 g/mol. The van der Waals surface area contributed by atoms with E-state index in [1.165, 1.54) is 64.2 Å². The van der Waals surface area contributed by atoms with Crippen molar-refractivity contribution in [2.45, 2.75) is 147 Å². The van der Waals surface area contributed by atoms with Gasteiger partial charge in [-0.2, -0.15) is 0 Å². The van der Waals surface area contributed by atoms with Crippen LogP contribution in [0.15, 0.2) is 36.0 Å². The third-order valence-electron chi connectivity index (χ3n) is 6.47. The van der Waals surface area contributed by atoms with Gasteiger partial charge in [0.15, 0.2) is 0 Å². The molecule has 3 rings (SSSR count). The van der Waals surface area contributed by atoms with Gasteiger partial charge in [-0.05, 0) is 93.8 Å². The SMILES string of the molecule is CC.CC.CC.CC(C)C1=CCCCC1.CC(C)C1C=CCCC1.CC(C)C1CC=CCC1. The van der Waals surface area contributed by atoms with E-state index in [-0.39, 0.29) is 0 Å². The first-order valence-corrected chi connectivity index (χ1v) is 14.9. The summed E-state index contributed by atoms with van der Waals surface area (Å²) in [6.45, 7) is 25.8. The predicted octanol–water partition coefficient (Wildman–Crippen LogP) is 12.2. The maximum atomic E-state index is 2.42. The van der Waals surface area contributed by atoms with Crippen molar-refractivity contribution in [1.82, 2.24) is 0 Å². The number of hydrogen-bond donors (Lipinski definition) is 0. The number of rotatable bonds is 3. The lowest BCUT2D eigenvalue weighted by molar-refractivity contribution is 0.356. The average Bonchev–Trinajstić information content (AvgIpc) is 2.90. The Morgan fingerprint density at radius 2 is 1.27 bits per heavy atom. The van der Waals surface area contributed by atoms with Crippen LogP contribution in [0.2, 0.25) is 0 Å². The summed E-state index contributed by atoms with van der Waals surface area (Å²) in [6, 6.07) is 0. The van der Waals surface area contributed by atoms with Crippen LogP contribution in [0.5, 0.6) is 0 Å². The Balaban J connectivity index is -0.000000367. The molecule has 0 heteroatoms. The molecule has 0 spiro atoms. The maximum absolute atomic E-state index is 2.42. The molecule has 3 aliphatic rings. The Morgan fingerprint density at radius 1 is 0.636 bits per heavy atom. The number of allylic oxidation sites excluding steroid dienone is 6. The molecule has 0 fully saturated rings. The standard InChI is InChI=1S/3C9H16.3C2H6/c3*1-8(2)9-6-4-3-5-7-9;3*1-2/h6,8H,3-5,7H2,1-2H3;4,6,8-9H,3,5,7H2,1-2H3;3-4,8-9H,5-7H2,1-2H3;3*1-2H3. The van der Waals surface area contributed by atoms with Gasteiger partial charge in [0.25, 0.3) is 0 Å². The van der Waals surface area contributed by atoms with Crippen molar-refractivity contribution in [3.63, 3.8) is 0 Å². The highest BCUT2D eigenvalue weighted by Crippen LogP contribution is 2.25. The Labute approximate surface area is 212 Å². The lowest BCUT2D eigenvalue weighted by Gasteiger charge is -2.20. The van der Waals surface area contributed by atoms with Gasteiger partial charge in [0.05, 0.1) is 0 Å². The first kappa shape index (κ1) is 36.8. The van der Waals surface area contributed by atoms with Crippen molar-refractivity contribution in [3.05, 3.63) is 36.0 Å². The molecule has 0 heterocycles. The van der Waals surface area contributed by atoms with E-state index in [4.69, 9.17) is 0 Å². The Hall–Kier alpha value is -0.780. The molecule has 33 heavy (non-hydrogen) atoms. The van der Waals surface area contributed by atoms with E-state index >= 15 is 0 Å². The van der Waals surface area contributed by atoms with Gasteiger partial charge in [-0.3, -0.25) is 0 Å². The highest BCUT2D eigenvalue weighted by atomic mass is 14.2. The molecule has 0 aromatic carbocycles. The molecule has 0 bridgehead atoms. The molecule has 0 aliphatic heterocycles. The Bertz CT molecular complexity index is 447. The fourth-order valence-corrected chi connectivity index (χ4v) is 4.20. The van der Waals surface area contributed by atoms with Crippen molar-refractivity contribution in [2.24, 2.45) is 29.6 Å². The quantitative estimate of drug-likeness (QED) is 0.366. The third-order valence-corrected chi connectivity index (χ3v) is 6.47. The van der Waals surface area contributed by atoms with Crippen LogP contribution >= 0.6 is 0 Å². The molecule has 0 amide bonds. The Morgan fingerprint density at radius 3 is 1.55 bits per heavy atom. The zero-order valence-electron chi connectivity index (χ0n) is 25.3. The maximum Gasteiger partial charge on any atom is -0.0210 e. The highest BCUT2D eigenvalue weighted by Gasteiger charge is 2.12. The summed E-state index contributed by atoms with van der Waals surface area (Å²) < 4.78 is 0. The second-order valence-corrected chi connectivity index (χ2v) is 9.74. The number of hydrogen-bond acceptors (Lipinski definition) is 0. The highest BCUT2D eigenvalue weighted by molar-refractivity contribution is 5.07. The second kappa shape index (κ2) is 27.5. The van der Waals surface area contributed by atoms with E-state index in [2.05, 4.69) is 71.9 Å². The van der Waals surface area contributed by atoms with Crippen LogP contribution in [0.25, 0.3) is 0 Å². The molecule has 198 valence electrons. The van der Waals surface area contributed by atoms with Crippen LogP contribution in [-0.2, 0) is 0 Å². The van der Waals surface area contributed by atoms with Crippen molar-refractivity contribution >= 4 is 0 Å². The zero-order chi connectivity index (χ0) is 26.1. The predicted molar refractivity (Wildman–Crippen MR) is 158 cm³/mol. The summed E-state index contributed by atoms with van der Waals surface area (Å²) >= 11 is 0. The molecule has 0 N–H and O–H groups in total. The topological polar surface area (TPSA) is 0 Å². The summed E-state index contributed by atoms with van der Waals surface area (Å²) in [6.07, 6.45) is 25.4. The van der Waals surface area contributed by atoms with Crippen molar-refractivity contribution in [2.75, 3.05) is 0 Å². The van der Waals surface area contributed by atoms with Crippen LogP contribution in [-0.4, -0.2) is 0 Å². The van der Waals surface area contributed by atoms with Crippen molar-refractivity contribution < 1.29 is 0 Å². The normalized spacial score (nSPS) is 20.9. The van der Waals surface area contributed by atoms with Crippen LogP contribution < -0.4 is 0 Å². The molecular formula is C33H66. The molecule has 0 nitrogen and oxygen atoms in total. The van der Waals surface area contributed by atoms with Crippen LogP contribution in [0.1, 0.15) is 147 Å². The van der Waals surface area contributed by atoms with Crippen molar-refractivity contribution in [1.29, 1.82) is 0 Å². The lowest BCUT2D eigenvalue weighted by atomic mass is 9.85. The van der Waals surface area contributed by atoms with Crippen molar-refractivity contribution in [3.8, 4) is 0 Å². The molecule has 0 saturated carbocycles. The van der Waals surface area contributed by atoms with Gasteiger partial charge in [0.2, 0.25) is 0 Å². The van der Waals surface area contributed by atoms with E-state index in [0.717, 1.165) is 29.6 Å². The summed E-state index contributed by atoms with van der Waals surface area (Å²) in [4.78, 5) is 0. The zero-order valence-corrected chi connectivity index (χ0v) is 25.3. The first-order valence-electron chi connectivity index (χ1n) is 14.9. The lowest BCUT2D eigenvalue weighted by Crippen LogP contribution is -2.09. The summed E-state index contributed by atoms with van der Waals surface area (Å²) in [5, 5.41) is 0. The minimum Gasteiger partial charge on any atom is -0.0885 e. The van der Waals surface area contributed by atoms with E-state index in [1.807, 2.05) is 41.5 Å². The van der Waals surface area contributed by atoms with Gasteiger partial charge in [-0.25, -0.2) is 0 Å². The van der Waals surface area contributed by atoms with E-state index in [9.17, 15) is 0 Å². The van der Waals surface area contributed by atoms with E-state index in [0.29, 0.717) is 0 Å². The van der Waals surface area contributed by atoms with Gasteiger partial charge in [-0.15, -0.1) is 0 Å². The van der Waals surface area contributed by atoms with Gasteiger partial charge in [0, 0.05) is 0 Å². The largest absolute Gasteiger partial charge is 0.0885 e. The molecular weight excluding hydrogens is 396 g/mol. The molecule has 0 aromatic heterocycles. The third kappa shape index (κ3) is 21.5. The fraction of sp³-hybridized carbons (Fsp3) is 0.818. The first-order chi connectivity index (χ1) is 15.9. The van der Waals surface area contributed by atoms with Gasteiger partial charge in [0.1, 0.15) is 0 Å². The van der Waals surface area contributed by atoms with E-state index < -0.39 is 0 Å². The second-order valence-electron chi connectivity index (χ2n) is 9.74. The molecule has 3 aliphatic carbocycles. The Kier molecular flexibility index (Phi) is 30.6. The van der Waals surface area contributed by atoms with Crippen LogP contribution in [0.3, 0.4) is 0 Å². The van der Waals surface area contributed by atoms with E-state index in [1.54, 1.807) is 5.57 Å². The molecule has 0 saturated heterocycles. The van der Waals surface area contributed by atoms with Gasteiger partial charge < -0.3 is 0 Å². The molecule has 2 atom stereocenters. The minimum absolute atomic E-state index is 0.797. The van der Waals surface area contributed by atoms with Crippen LogP contribution in [0, 0.1) is 29.6 Å².